The van der Waals surface area contributed by atoms with Crippen LogP contribution in [0.15, 0.2) is 23.1 Å². The molecule has 0 aromatic heterocycles. The van der Waals surface area contributed by atoms with E-state index >= 15 is 0 Å². The molecule has 0 aliphatic carbocycles. The number of halogens is 1. The van der Waals surface area contributed by atoms with Crippen molar-refractivity contribution in [2.45, 2.75) is 4.90 Å². The second kappa shape index (κ2) is 4.13. The third-order valence-corrected chi connectivity index (χ3v) is 3.25. The van der Waals surface area contributed by atoms with Gasteiger partial charge >= 0.3 is 11.9 Å². The molecule has 0 radical (unpaired) electrons. The molecule has 4 nitrogen and oxygen atoms in total. The van der Waals surface area contributed by atoms with Crippen LogP contribution in [0, 0.1) is 5.82 Å². The zero-order chi connectivity index (χ0) is 11.7. The number of benzene rings is 1. The molecule has 0 atom stereocenters. The van der Waals surface area contributed by atoms with Crippen LogP contribution in [-0.2, 0) is 9.59 Å². The summed E-state index contributed by atoms with van der Waals surface area (Å²) in [4.78, 5) is 23.5. The number of carbonyl (C=O) groups excluding carboxylic acids is 1. The average molecular weight is 241 g/mol. The number of carboxylic acid groups (broad SMARTS) is 1. The maximum atomic E-state index is 13.5. The van der Waals surface area contributed by atoms with E-state index in [4.69, 9.17) is 5.11 Å². The number of carboxylic acids is 1. The highest BCUT2D eigenvalue weighted by molar-refractivity contribution is 7.99. The molecule has 0 fully saturated rings. The molecule has 0 spiro atoms. The second-order valence-electron chi connectivity index (χ2n) is 3.20. The molecule has 0 bridgehead atoms. The SMILES string of the molecule is O=C(O)C(=O)N1CCSc2cccc(F)c21. The molecule has 1 aliphatic rings. The van der Waals surface area contributed by atoms with Crippen molar-refractivity contribution in [2.24, 2.45) is 0 Å². The van der Waals surface area contributed by atoms with Crippen molar-refractivity contribution >= 4 is 29.3 Å². The second-order valence-corrected chi connectivity index (χ2v) is 4.33. The third kappa shape index (κ3) is 1.76. The van der Waals surface area contributed by atoms with E-state index in [0.29, 0.717) is 10.6 Å². The fourth-order valence-electron chi connectivity index (χ4n) is 1.55. The first-order chi connectivity index (χ1) is 7.61. The predicted molar refractivity (Wildman–Crippen MR) is 57.1 cm³/mol. The van der Waals surface area contributed by atoms with E-state index in [-0.39, 0.29) is 12.2 Å². The number of carbonyl (C=O) groups is 2. The van der Waals surface area contributed by atoms with E-state index in [2.05, 4.69) is 0 Å². The van der Waals surface area contributed by atoms with Crippen molar-refractivity contribution in [3.63, 3.8) is 0 Å². The van der Waals surface area contributed by atoms with Crippen LogP contribution in [-0.4, -0.2) is 29.3 Å². The lowest BCUT2D eigenvalue weighted by Gasteiger charge is -2.27. The number of aliphatic carboxylic acids is 1. The molecule has 1 amide bonds. The van der Waals surface area contributed by atoms with Crippen molar-refractivity contribution < 1.29 is 19.1 Å². The van der Waals surface area contributed by atoms with E-state index in [1.54, 1.807) is 6.07 Å². The van der Waals surface area contributed by atoms with Gasteiger partial charge in [0.15, 0.2) is 0 Å². The fourth-order valence-corrected chi connectivity index (χ4v) is 2.56. The van der Waals surface area contributed by atoms with Gasteiger partial charge in [-0.3, -0.25) is 9.69 Å². The largest absolute Gasteiger partial charge is 0.474 e. The Hall–Kier alpha value is -1.56. The normalized spacial score (nSPS) is 14.4. The highest BCUT2D eigenvalue weighted by Gasteiger charge is 2.29. The van der Waals surface area contributed by atoms with Gasteiger partial charge in [-0.2, -0.15) is 0 Å². The molecule has 1 aromatic carbocycles. The molecule has 6 heteroatoms. The highest BCUT2D eigenvalue weighted by Crippen LogP contribution is 2.36. The maximum absolute atomic E-state index is 13.5. The Labute approximate surface area is 95.1 Å². The summed E-state index contributed by atoms with van der Waals surface area (Å²) in [5.74, 6) is -2.66. The Morgan fingerprint density at radius 1 is 1.44 bits per heavy atom. The molecule has 0 saturated carbocycles. The van der Waals surface area contributed by atoms with Crippen LogP contribution < -0.4 is 4.90 Å². The zero-order valence-electron chi connectivity index (χ0n) is 8.14. The van der Waals surface area contributed by atoms with Gasteiger partial charge in [0.25, 0.3) is 0 Å². The van der Waals surface area contributed by atoms with E-state index in [9.17, 15) is 14.0 Å². The topological polar surface area (TPSA) is 57.6 Å². The quantitative estimate of drug-likeness (QED) is 0.696. The first-order valence-electron chi connectivity index (χ1n) is 4.57. The lowest BCUT2D eigenvalue weighted by atomic mass is 10.2. The van der Waals surface area contributed by atoms with Gasteiger partial charge in [-0.25, -0.2) is 9.18 Å². The van der Waals surface area contributed by atoms with Crippen molar-refractivity contribution in [3.05, 3.63) is 24.0 Å². The maximum Gasteiger partial charge on any atom is 0.394 e. The lowest BCUT2D eigenvalue weighted by molar-refractivity contribution is -0.148. The predicted octanol–water partition coefficient (Wildman–Crippen LogP) is 1.35. The fraction of sp³-hybridized carbons (Fsp3) is 0.200. The minimum Gasteiger partial charge on any atom is -0.474 e. The van der Waals surface area contributed by atoms with Crippen LogP contribution in [0.2, 0.25) is 0 Å². The molecular formula is C10H8FNO3S. The van der Waals surface area contributed by atoms with Gasteiger partial charge in [0.2, 0.25) is 0 Å². The molecule has 84 valence electrons. The van der Waals surface area contributed by atoms with Gasteiger partial charge in [-0.1, -0.05) is 6.07 Å². The number of rotatable bonds is 0. The monoisotopic (exact) mass is 241 g/mol. The Kier molecular flexibility index (Phi) is 2.82. The Balaban J connectivity index is 2.47. The Morgan fingerprint density at radius 3 is 2.88 bits per heavy atom. The third-order valence-electron chi connectivity index (χ3n) is 2.22. The van der Waals surface area contributed by atoms with Crippen LogP contribution in [0.4, 0.5) is 10.1 Å². The molecule has 2 rings (SSSR count). The van der Waals surface area contributed by atoms with Crippen LogP contribution in [0.1, 0.15) is 0 Å². The molecular weight excluding hydrogens is 233 g/mol. The smallest absolute Gasteiger partial charge is 0.394 e. The number of nitrogens with zero attached hydrogens (tertiary/aromatic N) is 1. The van der Waals surface area contributed by atoms with E-state index in [1.807, 2.05) is 0 Å². The number of anilines is 1. The van der Waals surface area contributed by atoms with E-state index in [0.717, 1.165) is 4.90 Å². The van der Waals surface area contributed by atoms with E-state index < -0.39 is 17.7 Å². The summed E-state index contributed by atoms with van der Waals surface area (Å²) in [6.07, 6.45) is 0. The number of thioether (sulfide) groups is 1. The Morgan fingerprint density at radius 2 is 2.19 bits per heavy atom. The number of hydrogen-bond donors (Lipinski definition) is 1. The van der Waals surface area contributed by atoms with Crippen LogP contribution in [0.5, 0.6) is 0 Å². The zero-order valence-corrected chi connectivity index (χ0v) is 8.96. The lowest BCUT2D eigenvalue weighted by Crippen LogP contribution is -2.40. The minimum atomic E-state index is -1.57. The summed E-state index contributed by atoms with van der Waals surface area (Å²) in [6.45, 7) is 0.212. The first-order valence-corrected chi connectivity index (χ1v) is 5.56. The highest BCUT2D eigenvalue weighted by atomic mass is 32.2. The van der Waals surface area contributed by atoms with Gasteiger partial charge in [-0.15, -0.1) is 11.8 Å². The standard InChI is InChI=1S/C10H8FNO3S/c11-6-2-1-3-7-8(6)12(4-5-16-7)9(13)10(14)15/h1-3H,4-5H2,(H,14,15). The summed E-state index contributed by atoms with van der Waals surface area (Å²) in [5.41, 5.74) is 0.0751. The molecule has 1 aromatic rings. The molecule has 1 N–H and O–H groups in total. The summed E-state index contributed by atoms with van der Waals surface area (Å²) in [5, 5.41) is 8.63. The first kappa shape index (κ1) is 10.9. The average Bonchev–Trinajstić information content (AvgIpc) is 2.27. The van der Waals surface area contributed by atoms with Crippen LogP contribution in [0.25, 0.3) is 0 Å². The number of hydrogen-bond acceptors (Lipinski definition) is 3. The van der Waals surface area contributed by atoms with Crippen LogP contribution >= 0.6 is 11.8 Å². The molecule has 0 unspecified atom stereocenters. The van der Waals surface area contributed by atoms with Gasteiger partial charge in [0.05, 0.1) is 5.69 Å². The molecule has 16 heavy (non-hydrogen) atoms. The van der Waals surface area contributed by atoms with Gasteiger partial charge in [0, 0.05) is 17.2 Å². The number of para-hydroxylation sites is 1. The molecule has 1 aliphatic heterocycles. The van der Waals surface area contributed by atoms with Crippen molar-refractivity contribution in [1.29, 1.82) is 0 Å². The summed E-state index contributed by atoms with van der Waals surface area (Å²) >= 11 is 1.41. The summed E-state index contributed by atoms with van der Waals surface area (Å²) in [7, 11) is 0. The summed E-state index contributed by atoms with van der Waals surface area (Å²) in [6, 6.07) is 4.42. The van der Waals surface area contributed by atoms with Crippen molar-refractivity contribution in [3.8, 4) is 0 Å². The van der Waals surface area contributed by atoms with Crippen LogP contribution in [0.3, 0.4) is 0 Å². The van der Waals surface area contributed by atoms with Gasteiger partial charge in [-0.05, 0) is 12.1 Å². The van der Waals surface area contributed by atoms with Gasteiger partial charge < -0.3 is 5.11 Å². The number of amides is 1. The molecule has 0 saturated heterocycles. The van der Waals surface area contributed by atoms with E-state index in [1.165, 1.54) is 23.9 Å². The number of fused-ring (bicyclic) bond motifs is 1. The van der Waals surface area contributed by atoms with Gasteiger partial charge in [0.1, 0.15) is 5.82 Å². The van der Waals surface area contributed by atoms with Crippen molar-refractivity contribution in [1.82, 2.24) is 0 Å². The molecule has 1 heterocycles. The minimum absolute atomic E-state index is 0.0751. The van der Waals surface area contributed by atoms with Crippen molar-refractivity contribution in [2.75, 3.05) is 17.2 Å². The Bertz CT molecular complexity index is 463. The summed E-state index contributed by atoms with van der Waals surface area (Å²) < 4.78 is 13.5.